The van der Waals surface area contributed by atoms with E-state index >= 15 is 0 Å². The second kappa shape index (κ2) is 6.52. The standard InChI is InChI=1S/C25H23NO2/c1-15-22-18-10-3-5-12-20(18)24(21-13-6-4-11-19(21)22)23(15)25(27)26-16-8-7-9-17(14-16)28-2/h3-15,22-24H,1-2H3,(H,26,27). The Hall–Kier alpha value is -3.07. The van der Waals surface area contributed by atoms with Gasteiger partial charge in [0.15, 0.2) is 0 Å². The van der Waals surface area contributed by atoms with Crippen molar-refractivity contribution in [2.45, 2.75) is 18.8 Å². The van der Waals surface area contributed by atoms with Gasteiger partial charge in [0.2, 0.25) is 5.91 Å². The summed E-state index contributed by atoms with van der Waals surface area (Å²) in [6, 6.07) is 24.8. The number of carbonyl (C=O) groups is 1. The molecular weight excluding hydrogens is 346 g/mol. The lowest BCUT2D eigenvalue weighted by Gasteiger charge is -2.49. The van der Waals surface area contributed by atoms with Gasteiger partial charge in [0.1, 0.15) is 5.75 Å². The fraction of sp³-hybridized carbons (Fsp3) is 0.240. The first-order chi connectivity index (χ1) is 13.7. The van der Waals surface area contributed by atoms with Crippen molar-refractivity contribution >= 4 is 11.6 Å². The smallest absolute Gasteiger partial charge is 0.228 e. The van der Waals surface area contributed by atoms with Crippen LogP contribution in [0.2, 0.25) is 0 Å². The molecule has 0 fully saturated rings. The minimum Gasteiger partial charge on any atom is -0.497 e. The average Bonchev–Trinajstić information content (AvgIpc) is 2.73. The minimum absolute atomic E-state index is 0.0831. The van der Waals surface area contributed by atoms with Crippen molar-refractivity contribution in [2.24, 2.45) is 11.8 Å². The number of amides is 1. The van der Waals surface area contributed by atoms with E-state index in [1.54, 1.807) is 7.11 Å². The third kappa shape index (κ3) is 2.46. The first-order valence-electron chi connectivity index (χ1n) is 9.81. The molecule has 3 aliphatic rings. The topological polar surface area (TPSA) is 38.3 Å². The summed E-state index contributed by atoms with van der Waals surface area (Å²) < 4.78 is 5.29. The van der Waals surface area contributed by atoms with E-state index in [9.17, 15) is 4.79 Å². The van der Waals surface area contributed by atoms with Crippen molar-refractivity contribution < 1.29 is 9.53 Å². The molecule has 0 saturated heterocycles. The molecule has 28 heavy (non-hydrogen) atoms. The van der Waals surface area contributed by atoms with Gasteiger partial charge in [0.05, 0.1) is 13.0 Å². The lowest BCUT2D eigenvalue weighted by Crippen LogP contribution is -2.44. The second-order valence-electron chi connectivity index (χ2n) is 7.82. The van der Waals surface area contributed by atoms with E-state index in [0.717, 1.165) is 11.4 Å². The van der Waals surface area contributed by atoms with E-state index < -0.39 is 0 Å². The highest BCUT2D eigenvalue weighted by molar-refractivity contribution is 5.95. The maximum Gasteiger partial charge on any atom is 0.228 e. The summed E-state index contributed by atoms with van der Waals surface area (Å²) >= 11 is 0. The van der Waals surface area contributed by atoms with Gasteiger partial charge in [0, 0.05) is 23.6 Å². The lowest BCUT2D eigenvalue weighted by atomic mass is 9.54. The van der Waals surface area contributed by atoms with Crippen molar-refractivity contribution in [1.29, 1.82) is 0 Å². The fourth-order valence-electron chi connectivity index (χ4n) is 5.27. The van der Waals surface area contributed by atoms with Crippen LogP contribution in [0.15, 0.2) is 72.8 Å². The van der Waals surface area contributed by atoms with Crippen LogP contribution >= 0.6 is 0 Å². The molecule has 0 spiro atoms. The van der Waals surface area contributed by atoms with Crippen LogP contribution in [0.5, 0.6) is 5.75 Å². The monoisotopic (exact) mass is 369 g/mol. The molecule has 3 aromatic carbocycles. The highest BCUT2D eigenvalue weighted by Gasteiger charge is 2.50. The minimum atomic E-state index is -0.0963. The first kappa shape index (κ1) is 17.1. The number of carbonyl (C=O) groups excluding carboxylic acids is 1. The number of nitrogens with one attached hydrogen (secondary N) is 1. The molecule has 1 amide bonds. The van der Waals surface area contributed by atoms with Crippen LogP contribution in [0.1, 0.15) is 41.0 Å². The van der Waals surface area contributed by atoms with Crippen LogP contribution < -0.4 is 10.1 Å². The molecule has 2 unspecified atom stereocenters. The van der Waals surface area contributed by atoms with Gasteiger partial charge in [-0.05, 0) is 40.3 Å². The van der Waals surface area contributed by atoms with Gasteiger partial charge in [-0.1, -0.05) is 61.5 Å². The van der Waals surface area contributed by atoms with Crippen molar-refractivity contribution in [3.63, 3.8) is 0 Å². The Bertz CT molecular complexity index is 1010. The average molecular weight is 369 g/mol. The predicted molar refractivity (Wildman–Crippen MR) is 111 cm³/mol. The summed E-state index contributed by atoms with van der Waals surface area (Å²) in [7, 11) is 1.64. The van der Waals surface area contributed by atoms with E-state index in [1.165, 1.54) is 22.3 Å². The molecule has 3 heteroatoms. The molecule has 0 radical (unpaired) electrons. The number of hydrogen-bond donors (Lipinski definition) is 1. The Balaban J connectivity index is 1.57. The molecule has 6 rings (SSSR count). The molecule has 0 aliphatic heterocycles. The van der Waals surface area contributed by atoms with Crippen molar-refractivity contribution in [2.75, 3.05) is 12.4 Å². The lowest BCUT2D eigenvalue weighted by molar-refractivity contribution is -0.122. The van der Waals surface area contributed by atoms with Crippen LogP contribution in [0.25, 0.3) is 0 Å². The van der Waals surface area contributed by atoms with E-state index in [-0.39, 0.29) is 29.6 Å². The summed E-state index contributed by atoms with van der Waals surface area (Å²) in [6.07, 6.45) is 0. The Kier molecular flexibility index (Phi) is 3.97. The molecule has 3 nitrogen and oxygen atoms in total. The third-order valence-electron chi connectivity index (χ3n) is 6.42. The van der Waals surface area contributed by atoms with Crippen LogP contribution in [-0.2, 0) is 4.79 Å². The number of ether oxygens (including phenoxy) is 1. The summed E-state index contributed by atoms with van der Waals surface area (Å²) in [6.45, 7) is 2.22. The van der Waals surface area contributed by atoms with Gasteiger partial charge in [-0.25, -0.2) is 0 Å². The Morgan fingerprint density at radius 1 is 0.821 bits per heavy atom. The van der Waals surface area contributed by atoms with Crippen molar-refractivity contribution in [1.82, 2.24) is 0 Å². The SMILES string of the molecule is COc1cccc(NC(=O)C2C3c4ccccc4C(c4ccccc43)C2C)c1. The third-order valence-corrected chi connectivity index (χ3v) is 6.42. The quantitative estimate of drug-likeness (QED) is 0.691. The van der Waals surface area contributed by atoms with Gasteiger partial charge >= 0.3 is 0 Å². The second-order valence-corrected chi connectivity index (χ2v) is 7.82. The van der Waals surface area contributed by atoms with Crippen LogP contribution in [-0.4, -0.2) is 13.0 Å². The van der Waals surface area contributed by atoms with Crippen molar-refractivity contribution in [3.8, 4) is 5.75 Å². The summed E-state index contributed by atoms with van der Waals surface area (Å²) in [5.41, 5.74) is 6.14. The molecule has 140 valence electrons. The van der Waals surface area contributed by atoms with Gasteiger partial charge in [0.25, 0.3) is 0 Å². The fourth-order valence-corrected chi connectivity index (χ4v) is 5.27. The van der Waals surface area contributed by atoms with Gasteiger partial charge in [-0.15, -0.1) is 0 Å². The van der Waals surface area contributed by atoms with E-state index in [0.29, 0.717) is 0 Å². The number of anilines is 1. The Morgan fingerprint density at radius 3 is 1.96 bits per heavy atom. The summed E-state index contributed by atoms with van der Waals surface area (Å²) in [5.74, 6) is 1.32. The molecule has 1 N–H and O–H groups in total. The molecule has 0 aromatic heterocycles. The normalized spacial score (nSPS) is 24.2. The first-order valence-corrected chi connectivity index (χ1v) is 9.81. The molecular formula is C25H23NO2. The molecule has 0 saturated carbocycles. The largest absolute Gasteiger partial charge is 0.497 e. The number of fused-ring (bicyclic) bond motifs is 1. The molecule has 0 heterocycles. The van der Waals surface area contributed by atoms with Gasteiger partial charge < -0.3 is 10.1 Å². The Morgan fingerprint density at radius 2 is 1.39 bits per heavy atom. The van der Waals surface area contributed by atoms with E-state index in [1.807, 2.05) is 24.3 Å². The number of benzene rings is 3. The van der Waals surface area contributed by atoms with E-state index in [4.69, 9.17) is 4.74 Å². The number of hydrogen-bond acceptors (Lipinski definition) is 2. The summed E-state index contributed by atoms with van der Waals surface area (Å²) in [5, 5.41) is 3.14. The number of methoxy groups -OCH3 is 1. The molecule has 2 atom stereocenters. The molecule has 3 aliphatic carbocycles. The maximum absolute atomic E-state index is 13.4. The maximum atomic E-state index is 13.4. The highest BCUT2D eigenvalue weighted by atomic mass is 16.5. The zero-order valence-corrected chi connectivity index (χ0v) is 16.1. The Labute approximate surface area is 165 Å². The van der Waals surface area contributed by atoms with E-state index in [2.05, 4.69) is 60.8 Å². The zero-order valence-electron chi connectivity index (χ0n) is 16.1. The van der Waals surface area contributed by atoms with Crippen LogP contribution in [0.3, 0.4) is 0 Å². The zero-order chi connectivity index (χ0) is 19.3. The van der Waals surface area contributed by atoms with Gasteiger partial charge in [-0.2, -0.15) is 0 Å². The van der Waals surface area contributed by atoms with Crippen LogP contribution in [0.4, 0.5) is 5.69 Å². The molecule has 3 aromatic rings. The van der Waals surface area contributed by atoms with Crippen LogP contribution in [0, 0.1) is 11.8 Å². The van der Waals surface area contributed by atoms with Crippen molar-refractivity contribution in [3.05, 3.63) is 95.1 Å². The highest BCUT2D eigenvalue weighted by Crippen LogP contribution is 2.58. The summed E-state index contributed by atoms with van der Waals surface area (Å²) in [4.78, 5) is 13.4. The molecule has 2 bridgehead atoms. The van der Waals surface area contributed by atoms with Gasteiger partial charge in [-0.3, -0.25) is 4.79 Å². The number of rotatable bonds is 3. The predicted octanol–water partition coefficient (Wildman–Crippen LogP) is 5.18.